The molecule has 0 amide bonds. The highest BCUT2D eigenvalue weighted by atomic mass is 35.5. The molecule has 26 heavy (non-hydrogen) atoms. The van der Waals surface area contributed by atoms with Crippen LogP contribution >= 0.6 is 11.6 Å². The standard InChI is InChI=1S/C21H19ClN2O2/c22-19-9-5-4-8-17(19)20-18(21(25)26-23-20)14-24-12-10-16(11-13-24)15-6-2-1-3-7-15/h1-9,14,16H,10-13H2/b18-14-. The van der Waals surface area contributed by atoms with Crippen molar-refractivity contribution in [3.8, 4) is 0 Å². The lowest BCUT2D eigenvalue weighted by molar-refractivity contribution is -0.136. The van der Waals surface area contributed by atoms with Gasteiger partial charge in [0.25, 0.3) is 0 Å². The van der Waals surface area contributed by atoms with Crippen LogP contribution in [0.3, 0.4) is 0 Å². The summed E-state index contributed by atoms with van der Waals surface area (Å²) < 4.78 is 0. The molecule has 0 N–H and O–H groups in total. The molecule has 0 atom stereocenters. The van der Waals surface area contributed by atoms with Gasteiger partial charge >= 0.3 is 5.97 Å². The van der Waals surface area contributed by atoms with Gasteiger partial charge in [0, 0.05) is 24.9 Å². The molecule has 2 aromatic carbocycles. The van der Waals surface area contributed by atoms with Crippen LogP contribution in [0.1, 0.15) is 29.9 Å². The number of hydrogen-bond donors (Lipinski definition) is 0. The van der Waals surface area contributed by atoms with Gasteiger partial charge in [-0.05, 0) is 30.4 Å². The first-order valence-electron chi connectivity index (χ1n) is 8.78. The molecule has 0 bridgehead atoms. The molecular weight excluding hydrogens is 348 g/mol. The summed E-state index contributed by atoms with van der Waals surface area (Å²) in [7, 11) is 0. The van der Waals surface area contributed by atoms with Crippen molar-refractivity contribution in [1.82, 2.24) is 4.90 Å². The Morgan fingerprint density at radius 3 is 2.46 bits per heavy atom. The largest absolute Gasteiger partial charge is 0.377 e. The number of carbonyl (C=O) groups is 1. The zero-order valence-corrected chi connectivity index (χ0v) is 15.0. The van der Waals surface area contributed by atoms with Gasteiger partial charge < -0.3 is 9.74 Å². The van der Waals surface area contributed by atoms with Crippen molar-refractivity contribution in [2.75, 3.05) is 13.1 Å². The van der Waals surface area contributed by atoms with Crippen molar-refractivity contribution in [2.45, 2.75) is 18.8 Å². The lowest BCUT2D eigenvalue weighted by atomic mass is 9.89. The number of piperidine rings is 1. The Balaban J connectivity index is 1.50. The van der Waals surface area contributed by atoms with Crippen molar-refractivity contribution >= 4 is 23.3 Å². The second-order valence-electron chi connectivity index (χ2n) is 6.56. The molecule has 2 aromatic rings. The van der Waals surface area contributed by atoms with E-state index in [9.17, 15) is 4.79 Å². The summed E-state index contributed by atoms with van der Waals surface area (Å²) in [5.41, 5.74) is 3.07. The molecule has 0 spiro atoms. The smallest absolute Gasteiger partial charge is 0.369 e. The van der Waals surface area contributed by atoms with Crippen molar-refractivity contribution in [1.29, 1.82) is 0 Å². The van der Waals surface area contributed by atoms with Gasteiger partial charge in [-0.3, -0.25) is 0 Å². The van der Waals surface area contributed by atoms with E-state index in [2.05, 4.69) is 34.3 Å². The van der Waals surface area contributed by atoms with Crippen molar-refractivity contribution in [3.05, 3.63) is 82.5 Å². The van der Waals surface area contributed by atoms with E-state index in [0.29, 0.717) is 27.8 Å². The van der Waals surface area contributed by atoms with Crippen LogP contribution in [0, 0.1) is 0 Å². The third kappa shape index (κ3) is 3.37. The normalized spacial score (nSPS) is 19.6. The lowest BCUT2D eigenvalue weighted by Gasteiger charge is -2.31. The summed E-state index contributed by atoms with van der Waals surface area (Å²) in [6, 6.07) is 17.9. The molecule has 132 valence electrons. The van der Waals surface area contributed by atoms with E-state index < -0.39 is 5.97 Å². The number of hydrogen-bond acceptors (Lipinski definition) is 4. The highest BCUT2D eigenvalue weighted by Crippen LogP contribution is 2.29. The molecule has 1 fully saturated rings. The van der Waals surface area contributed by atoms with E-state index in [1.54, 1.807) is 6.07 Å². The second-order valence-corrected chi connectivity index (χ2v) is 6.97. The van der Waals surface area contributed by atoms with Crippen LogP contribution in [0.15, 0.2) is 71.5 Å². The molecule has 0 radical (unpaired) electrons. The van der Waals surface area contributed by atoms with Crippen LogP contribution in [-0.4, -0.2) is 29.7 Å². The van der Waals surface area contributed by atoms with Crippen molar-refractivity contribution < 1.29 is 9.63 Å². The summed E-state index contributed by atoms with van der Waals surface area (Å²) >= 11 is 6.26. The molecule has 2 aliphatic heterocycles. The second kappa shape index (κ2) is 7.34. The predicted octanol–water partition coefficient (Wildman–Crippen LogP) is 4.36. The van der Waals surface area contributed by atoms with Crippen LogP contribution < -0.4 is 0 Å². The average Bonchev–Trinajstić information content (AvgIpc) is 3.04. The fraction of sp³-hybridized carbons (Fsp3) is 0.238. The third-order valence-corrected chi connectivity index (χ3v) is 5.27. The van der Waals surface area contributed by atoms with E-state index in [-0.39, 0.29) is 0 Å². The number of oxime groups is 1. The van der Waals surface area contributed by atoms with E-state index in [1.807, 2.05) is 30.5 Å². The molecule has 2 heterocycles. The van der Waals surface area contributed by atoms with Gasteiger partial charge in [0.2, 0.25) is 0 Å². The fourth-order valence-electron chi connectivity index (χ4n) is 3.51. The Bertz CT molecular complexity index is 869. The monoisotopic (exact) mass is 366 g/mol. The van der Waals surface area contributed by atoms with Gasteiger partial charge in [0.05, 0.1) is 5.02 Å². The van der Waals surface area contributed by atoms with E-state index >= 15 is 0 Å². The molecule has 1 saturated heterocycles. The van der Waals surface area contributed by atoms with Gasteiger partial charge in [0.1, 0.15) is 11.3 Å². The zero-order chi connectivity index (χ0) is 17.9. The molecule has 4 rings (SSSR count). The number of halogens is 1. The first-order valence-corrected chi connectivity index (χ1v) is 9.15. The maximum Gasteiger partial charge on any atom is 0.369 e. The summed E-state index contributed by atoms with van der Waals surface area (Å²) in [6.45, 7) is 1.79. The minimum Gasteiger partial charge on any atom is -0.377 e. The summed E-state index contributed by atoms with van der Waals surface area (Å²) in [5, 5.41) is 4.50. The molecule has 0 aromatic heterocycles. The highest BCUT2D eigenvalue weighted by Gasteiger charge is 2.30. The maximum absolute atomic E-state index is 12.2. The molecule has 0 unspecified atom stereocenters. The van der Waals surface area contributed by atoms with Crippen molar-refractivity contribution in [2.24, 2.45) is 5.16 Å². The first-order chi connectivity index (χ1) is 12.7. The van der Waals surface area contributed by atoms with E-state index in [0.717, 1.165) is 25.9 Å². The summed E-state index contributed by atoms with van der Waals surface area (Å²) in [5.74, 6) is 0.142. The quantitative estimate of drug-likeness (QED) is 0.598. The minimum atomic E-state index is -0.426. The van der Waals surface area contributed by atoms with Crippen LogP contribution in [-0.2, 0) is 9.63 Å². The van der Waals surface area contributed by atoms with Gasteiger partial charge in [-0.1, -0.05) is 65.3 Å². The Morgan fingerprint density at radius 2 is 1.73 bits per heavy atom. The Kier molecular flexibility index (Phi) is 4.76. The molecule has 4 nitrogen and oxygen atoms in total. The van der Waals surface area contributed by atoms with E-state index in [4.69, 9.17) is 16.4 Å². The van der Waals surface area contributed by atoms with Gasteiger partial charge in [-0.2, -0.15) is 0 Å². The number of carbonyl (C=O) groups excluding carboxylic acids is 1. The van der Waals surface area contributed by atoms with Crippen LogP contribution in [0.5, 0.6) is 0 Å². The zero-order valence-electron chi connectivity index (χ0n) is 14.3. The highest BCUT2D eigenvalue weighted by molar-refractivity contribution is 6.38. The number of rotatable bonds is 3. The molecular formula is C21H19ClN2O2. The van der Waals surface area contributed by atoms with Crippen LogP contribution in [0.2, 0.25) is 5.02 Å². The third-order valence-electron chi connectivity index (χ3n) is 4.94. The summed E-state index contributed by atoms with van der Waals surface area (Å²) in [4.78, 5) is 19.2. The molecule has 0 saturated carbocycles. The van der Waals surface area contributed by atoms with Gasteiger partial charge in [-0.25, -0.2) is 4.79 Å². The SMILES string of the molecule is O=C1ON=C(c2ccccc2Cl)/C1=C/N1CCC(c2ccccc2)CC1. The molecule has 2 aliphatic rings. The van der Waals surface area contributed by atoms with Gasteiger partial charge in [-0.15, -0.1) is 0 Å². The maximum atomic E-state index is 12.2. The number of likely N-dealkylation sites (tertiary alicyclic amines) is 1. The Labute approximate surface area is 157 Å². The topological polar surface area (TPSA) is 41.9 Å². The number of benzene rings is 2. The average molecular weight is 367 g/mol. The summed E-state index contributed by atoms with van der Waals surface area (Å²) in [6.07, 6.45) is 3.99. The Morgan fingerprint density at radius 1 is 1.04 bits per heavy atom. The molecule has 0 aliphatic carbocycles. The molecule has 5 heteroatoms. The lowest BCUT2D eigenvalue weighted by Crippen LogP contribution is -2.30. The van der Waals surface area contributed by atoms with Crippen molar-refractivity contribution in [3.63, 3.8) is 0 Å². The first kappa shape index (κ1) is 16.9. The van der Waals surface area contributed by atoms with Gasteiger partial charge in [0.15, 0.2) is 0 Å². The van der Waals surface area contributed by atoms with Crippen LogP contribution in [0.4, 0.5) is 0 Å². The minimum absolute atomic E-state index is 0.426. The predicted molar refractivity (Wildman–Crippen MR) is 102 cm³/mol. The Hall–Kier alpha value is -2.59. The van der Waals surface area contributed by atoms with Crippen LogP contribution in [0.25, 0.3) is 0 Å². The van der Waals surface area contributed by atoms with E-state index in [1.165, 1.54) is 5.56 Å². The number of nitrogens with zero attached hydrogens (tertiary/aromatic N) is 2. The fourth-order valence-corrected chi connectivity index (χ4v) is 3.74.